The minimum atomic E-state index is 0.193. The van der Waals surface area contributed by atoms with Crippen molar-refractivity contribution in [2.45, 2.75) is 42.8 Å². The van der Waals surface area contributed by atoms with Crippen molar-refractivity contribution in [1.29, 1.82) is 5.26 Å². The van der Waals surface area contributed by atoms with Gasteiger partial charge in [-0.05, 0) is 55.2 Å². The van der Waals surface area contributed by atoms with Crippen LogP contribution in [0.3, 0.4) is 0 Å². The second-order valence-electron chi connectivity index (χ2n) is 4.72. The van der Waals surface area contributed by atoms with E-state index in [0.29, 0.717) is 5.56 Å². The SMILES string of the molecule is CCCSC1(C)CCc2cc(S)c(C#N)cc21. The molecule has 1 aromatic carbocycles. The van der Waals surface area contributed by atoms with E-state index in [1.165, 1.54) is 29.7 Å². The van der Waals surface area contributed by atoms with Gasteiger partial charge in [0.05, 0.1) is 5.56 Å². The van der Waals surface area contributed by atoms with E-state index in [0.717, 1.165) is 11.3 Å². The Kier molecular flexibility index (Phi) is 3.75. The van der Waals surface area contributed by atoms with Crippen LogP contribution in [0, 0.1) is 11.3 Å². The summed E-state index contributed by atoms with van der Waals surface area (Å²) in [5, 5.41) is 9.09. The van der Waals surface area contributed by atoms with Gasteiger partial charge >= 0.3 is 0 Å². The fraction of sp³-hybridized carbons (Fsp3) is 0.500. The van der Waals surface area contributed by atoms with Crippen LogP contribution in [0.15, 0.2) is 17.0 Å². The number of aryl methyl sites for hydroxylation is 1. The average molecular weight is 263 g/mol. The molecule has 0 bridgehead atoms. The first-order chi connectivity index (χ1) is 8.10. The summed E-state index contributed by atoms with van der Waals surface area (Å²) in [7, 11) is 0. The van der Waals surface area contributed by atoms with Crippen LogP contribution < -0.4 is 0 Å². The molecule has 0 fully saturated rings. The van der Waals surface area contributed by atoms with Gasteiger partial charge in [0.25, 0.3) is 0 Å². The van der Waals surface area contributed by atoms with Crippen molar-refractivity contribution in [2.24, 2.45) is 0 Å². The zero-order valence-electron chi connectivity index (χ0n) is 10.3. The Morgan fingerprint density at radius 3 is 2.94 bits per heavy atom. The summed E-state index contributed by atoms with van der Waals surface area (Å²) in [5.74, 6) is 1.18. The van der Waals surface area contributed by atoms with Gasteiger partial charge in [-0.15, -0.1) is 12.6 Å². The summed E-state index contributed by atoms with van der Waals surface area (Å²) in [6.45, 7) is 4.52. The zero-order valence-corrected chi connectivity index (χ0v) is 12.0. The summed E-state index contributed by atoms with van der Waals surface area (Å²) in [6.07, 6.45) is 3.49. The van der Waals surface area contributed by atoms with Crippen molar-refractivity contribution in [3.05, 3.63) is 28.8 Å². The number of rotatable bonds is 3. The van der Waals surface area contributed by atoms with Crippen molar-refractivity contribution in [1.82, 2.24) is 0 Å². The fourth-order valence-corrected chi connectivity index (χ4v) is 3.92. The Morgan fingerprint density at radius 2 is 2.29 bits per heavy atom. The maximum Gasteiger partial charge on any atom is 0.100 e. The molecule has 0 saturated heterocycles. The molecule has 17 heavy (non-hydrogen) atoms. The number of thioether (sulfide) groups is 1. The lowest BCUT2D eigenvalue weighted by atomic mass is 10.0. The Labute approximate surface area is 113 Å². The standard InChI is InChI=1S/C14H17NS2/c1-3-6-17-14(2)5-4-10-8-13(16)11(9-15)7-12(10)14/h7-8,16H,3-6H2,1-2H3. The molecule has 0 aromatic heterocycles. The summed E-state index contributed by atoms with van der Waals surface area (Å²) >= 11 is 6.39. The van der Waals surface area contributed by atoms with Gasteiger partial charge < -0.3 is 0 Å². The van der Waals surface area contributed by atoms with Crippen LogP contribution in [0.4, 0.5) is 0 Å². The first kappa shape index (κ1) is 12.9. The summed E-state index contributed by atoms with van der Waals surface area (Å²) < 4.78 is 0.193. The first-order valence-electron chi connectivity index (χ1n) is 6.01. The largest absolute Gasteiger partial charge is 0.192 e. The molecule has 2 rings (SSSR count). The van der Waals surface area contributed by atoms with Crippen LogP contribution in [0.2, 0.25) is 0 Å². The predicted molar refractivity (Wildman–Crippen MR) is 76.8 cm³/mol. The number of fused-ring (bicyclic) bond motifs is 1. The molecular formula is C14H17NS2. The summed E-state index contributed by atoms with van der Waals surface area (Å²) in [6, 6.07) is 6.36. The molecule has 90 valence electrons. The Balaban J connectivity index is 2.40. The number of benzene rings is 1. The van der Waals surface area contributed by atoms with Gasteiger partial charge in [-0.3, -0.25) is 0 Å². The molecular weight excluding hydrogens is 246 g/mol. The maximum absolute atomic E-state index is 9.09. The number of hydrogen-bond acceptors (Lipinski definition) is 3. The number of thiol groups is 1. The van der Waals surface area contributed by atoms with E-state index in [9.17, 15) is 0 Å². The Hall–Kier alpha value is -0.590. The van der Waals surface area contributed by atoms with E-state index < -0.39 is 0 Å². The molecule has 0 amide bonds. The van der Waals surface area contributed by atoms with Crippen LogP contribution in [0.25, 0.3) is 0 Å². The lowest BCUT2D eigenvalue weighted by Gasteiger charge is -2.25. The molecule has 1 aliphatic carbocycles. The van der Waals surface area contributed by atoms with E-state index in [2.05, 4.69) is 38.6 Å². The molecule has 0 spiro atoms. The first-order valence-corrected chi connectivity index (χ1v) is 7.44. The molecule has 1 aromatic rings. The maximum atomic E-state index is 9.09. The third kappa shape index (κ3) is 2.34. The smallest absolute Gasteiger partial charge is 0.100 e. The zero-order chi connectivity index (χ0) is 12.5. The third-order valence-electron chi connectivity index (χ3n) is 3.41. The minimum absolute atomic E-state index is 0.193. The predicted octanol–water partition coefficient (Wildman–Crippen LogP) is 4.15. The van der Waals surface area contributed by atoms with Gasteiger partial charge in [-0.2, -0.15) is 17.0 Å². The minimum Gasteiger partial charge on any atom is -0.192 e. The van der Waals surface area contributed by atoms with Crippen molar-refractivity contribution in [3.8, 4) is 6.07 Å². The number of nitrogens with zero attached hydrogens (tertiary/aromatic N) is 1. The van der Waals surface area contributed by atoms with Gasteiger partial charge in [0, 0.05) is 9.64 Å². The van der Waals surface area contributed by atoms with E-state index in [1.807, 2.05) is 17.8 Å². The number of hydrogen-bond donors (Lipinski definition) is 1. The van der Waals surface area contributed by atoms with Crippen molar-refractivity contribution >= 4 is 24.4 Å². The summed E-state index contributed by atoms with van der Waals surface area (Å²) in [4.78, 5) is 0.816. The quantitative estimate of drug-likeness (QED) is 0.828. The van der Waals surface area contributed by atoms with Gasteiger partial charge in [0.15, 0.2) is 0 Å². The van der Waals surface area contributed by atoms with Gasteiger partial charge in [-0.25, -0.2) is 0 Å². The molecule has 0 radical (unpaired) electrons. The highest BCUT2D eigenvalue weighted by Gasteiger charge is 2.35. The Bertz CT molecular complexity index is 476. The summed E-state index contributed by atoms with van der Waals surface area (Å²) in [5.41, 5.74) is 3.43. The van der Waals surface area contributed by atoms with Gasteiger partial charge in [0.2, 0.25) is 0 Å². The van der Waals surface area contributed by atoms with Crippen LogP contribution in [-0.2, 0) is 11.2 Å². The molecule has 0 N–H and O–H groups in total. The molecule has 1 aliphatic rings. The molecule has 0 heterocycles. The number of nitriles is 1. The highest BCUT2D eigenvalue weighted by molar-refractivity contribution is 8.00. The van der Waals surface area contributed by atoms with Gasteiger partial charge in [-0.1, -0.05) is 6.92 Å². The lowest BCUT2D eigenvalue weighted by molar-refractivity contribution is 0.679. The molecule has 1 atom stereocenters. The lowest BCUT2D eigenvalue weighted by Crippen LogP contribution is -2.13. The molecule has 1 unspecified atom stereocenters. The highest BCUT2D eigenvalue weighted by atomic mass is 32.2. The monoisotopic (exact) mass is 263 g/mol. The second-order valence-corrected chi connectivity index (χ2v) is 6.80. The second kappa shape index (κ2) is 4.96. The van der Waals surface area contributed by atoms with Crippen molar-refractivity contribution in [3.63, 3.8) is 0 Å². The van der Waals surface area contributed by atoms with E-state index >= 15 is 0 Å². The third-order valence-corrected chi connectivity index (χ3v) is 5.45. The topological polar surface area (TPSA) is 23.8 Å². The van der Waals surface area contributed by atoms with Crippen molar-refractivity contribution in [2.75, 3.05) is 5.75 Å². The van der Waals surface area contributed by atoms with Crippen molar-refractivity contribution < 1.29 is 0 Å². The van der Waals surface area contributed by atoms with Crippen LogP contribution >= 0.6 is 24.4 Å². The van der Waals surface area contributed by atoms with Crippen LogP contribution in [-0.4, -0.2) is 5.75 Å². The molecule has 0 aliphatic heterocycles. The van der Waals surface area contributed by atoms with E-state index in [1.54, 1.807) is 0 Å². The molecule has 0 saturated carbocycles. The molecule has 1 nitrogen and oxygen atoms in total. The van der Waals surface area contributed by atoms with Crippen LogP contribution in [0.5, 0.6) is 0 Å². The van der Waals surface area contributed by atoms with Crippen LogP contribution in [0.1, 0.15) is 43.4 Å². The fourth-order valence-electron chi connectivity index (χ4n) is 2.41. The molecule has 3 heteroatoms. The average Bonchev–Trinajstić information content (AvgIpc) is 2.63. The van der Waals surface area contributed by atoms with E-state index in [4.69, 9.17) is 5.26 Å². The Morgan fingerprint density at radius 1 is 1.53 bits per heavy atom. The normalized spacial score (nSPS) is 22.2. The van der Waals surface area contributed by atoms with E-state index in [-0.39, 0.29) is 4.75 Å². The highest BCUT2D eigenvalue weighted by Crippen LogP contribution is 2.48. The van der Waals surface area contributed by atoms with Gasteiger partial charge in [0.1, 0.15) is 6.07 Å².